The Morgan fingerprint density at radius 1 is 1.40 bits per heavy atom. The maximum Gasteiger partial charge on any atom is 0.231 e. The summed E-state index contributed by atoms with van der Waals surface area (Å²) in [4.78, 5) is 26.3. The van der Waals surface area contributed by atoms with Gasteiger partial charge in [-0.2, -0.15) is 0 Å². The van der Waals surface area contributed by atoms with E-state index in [0.717, 1.165) is 6.42 Å². The van der Waals surface area contributed by atoms with Crippen molar-refractivity contribution < 1.29 is 24.2 Å². The molecule has 2 N–H and O–H groups in total. The Kier molecular flexibility index (Phi) is 4.85. The lowest BCUT2D eigenvalue weighted by Gasteiger charge is -2.24. The van der Waals surface area contributed by atoms with E-state index in [1.165, 1.54) is 0 Å². The van der Waals surface area contributed by atoms with Crippen LogP contribution in [0.5, 0.6) is 11.5 Å². The number of rotatable bonds is 6. The van der Waals surface area contributed by atoms with Crippen molar-refractivity contribution in [3.8, 4) is 11.5 Å². The molecule has 2 atom stereocenters. The van der Waals surface area contributed by atoms with E-state index < -0.39 is 11.5 Å². The van der Waals surface area contributed by atoms with Gasteiger partial charge in [0.25, 0.3) is 0 Å². The number of nitrogens with one attached hydrogen (secondary N) is 1. The third-order valence-electron chi connectivity index (χ3n) is 4.60. The van der Waals surface area contributed by atoms with Crippen molar-refractivity contribution >= 4 is 17.5 Å². The molecule has 2 amide bonds. The van der Waals surface area contributed by atoms with Crippen LogP contribution in [-0.4, -0.2) is 42.4 Å². The summed E-state index contributed by atoms with van der Waals surface area (Å²) in [7, 11) is 0. The number of carbonyl (C=O) groups is 2. The Morgan fingerprint density at radius 3 is 2.92 bits per heavy atom. The summed E-state index contributed by atoms with van der Waals surface area (Å²) in [5.74, 6) is 0.541. The van der Waals surface area contributed by atoms with E-state index in [-0.39, 0.29) is 31.6 Å². The van der Waals surface area contributed by atoms with Gasteiger partial charge >= 0.3 is 0 Å². The van der Waals surface area contributed by atoms with Gasteiger partial charge in [0.15, 0.2) is 11.5 Å². The molecule has 1 fully saturated rings. The van der Waals surface area contributed by atoms with Gasteiger partial charge in [0.1, 0.15) is 0 Å². The van der Waals surface area contributed by atoms with Crippen molar-refractivity contribution in [1.82, 2.24) is 5.32 Å². The van der Waals surface area contributed by atoms with Gasteiger partial charge in [0, 0.05) is 31.3 Å². The molecule has 2 aliphatic rings. The maximum atomic E-state index is 12.4. The first-order chi connectivity index (χ1) is 11.9. The minimum atomic E-state index is -0.927. The van der Waals surface area contributed by atoms with E-state index in [0.29, 0.717) is 30.2 Å². The first-order valence-corrected chi connectivity index (χ1v) is 8.60. The number of carbonyl (C=O) groups excluding carboxylic acids is 2. The molecule has 3 rings (SSSR count). The summed E-state index contributed by atoms with van der Waals surface area (Å²) < 4.78 is 10.6. The predicted molar refractivity (Wildman–Crippen MR) is 91.6 cm³/mol. The number of hydrogen-bond acceptors (Lipinski definition) is 5. The number of nitrogens with zero attached hydrogens (tertiary/aromatic N) is 1. The largest absolute Gasteiger partial charge is 0.454 e. The van der Waals surface area contributed by atoms with E-state index in [4.69, 9.17) is 9.47 Å². The van der Waals surface area contributed by atoms with E-state index in [1.54, 1.807) is 30.0 Å². The van der Waals surface area contributed by atoms with Crippen molar-refractivity contribution in [2.24, 2.45) is 5.92 Å². The highest BCUT2D eigenvalue weighted by Crippen LogP contribution is 2.37. The zero-order chi connectivity index (χ0) is 18.0. The fraction of sp³-hybridized carbons (Fsp3) is 0.556. The van der Waals surface area contributed by atoms with E-state index in [1.807, 2.05) is 6.92 Å². The van der Waals surface area contributed by atoms with Gasteiger partial charge in [-0.25, -0.2) is 0 Å². The highest BCUT2D eigenvalue weighted by molar-refractivity contribution is 6.00. The molecule has 1 aromatic carbocycles. The highest BCUT2D eigenvalue weighted by atomic mass is 16.7. The van der Waals surface area contributed by atoms with Crippen molar-refractivity contribution in [3.05, 3.63) is 18.2 Å². The lowest BCUT2D eigenvalue weighted by molar-refractivity contribution is -0.127. The SMILES string of the molecule is CCC[C@@](C)(O)CNC(=O)[C@H]1CC(=O)N(c2ccc3c(c2)OCO3)C1. The molecule has 1 aromatic rings. The number of anilines is 1. The summed E-state index contributed by atoms with van der Waals surface area (Å²) in [6.07, 6.45) is 1.61. The number of amides is 2. The quantitative estimate of drug-likeness (QED) is 0.812. The van der Waals surface area contributed by atoms with Gasteiger partial charge in [0.2, 0.25) is 18.6 Å². The third-order valence-corrected chi connectivity index (χ3v) is 4.60. The van der Waals surface area contributed by atoms with Crippen LogP contribution < -0.4 is 19.7 Å². The molecular formula is C18H24N2O5. The molecule has 7 heteroatoms. The van der Waals surface area contributed by atoms with Crippen LogP contribution >= 0.6 is 0 Å². The van der Waals surface area contributed by atoms with E-state index in [2.05, 4.69) is 5.32 Å². The monoisotopic (exact) mass is 348 g/mol. The predicted octanol–water partition coefficient (Wildman–Crippen LogP) is 1.44. The topological polar surface area (TPSA) is 88.1 Å². The van der Waals surface area contributed by atoms with Crippen molar-refractivity contribution in [2.45, 2.75) is 38.7 Å². The Balaban J connectivity index is 1.61. The molecule has 25 heavy (non-hydrogen) atoms. The van der Waals surface area contributed by atoms with Gasteiger partial charge in [-0.05, 0) is 25.5 Å². The Hall–Kier alpha value is -2.28. The lowest BCUT2D eigenvalue weighted by atomic mass is 10.00. The van der Waals surface area contributed by atoms with E-state index >= 15 is 0 Å². The van der Waals surface area contributed by atoms with Crippen LogP contribution in [0.25, 0.3) is 0 Å². The number of aliphatic hydroxyl groups is 1. The van der Waals surface area contributed by atoms with Crippen LogP contribution in [0.1, 0.15) is 33.1 Å². The molecule has 1 saturated heterocycles. The molecule has 0 aliphatic carbocycles. The summed E-state index contributed by atoms with van der Waals surface area (Å²) in [6, 6.07) is 5.31. The summed E-state index contributed by atoms with van der Waals surface area (Å²) in [6.45, 7) is 4.37. The van der Waals surface area contributed by atoms with Gasteiger partial charge < -0.3 is 24.8 Å². The number of benzene rings is 1. The highest BCUT2D eigenvalue weighted by Gasteiger charge is 2.36. The second-order valence-electron chi connectivity index (χ2n) is 6.91. The summed E-state index contributed by atoms with van der Waals surface area (Å²) >= 11 is 0. The normalized spacial score (nSPS) is 21.3. The molecular weight excluding hydrogens is 324 g/mol. The van der Waals surface area contributed by atoms with E-state index in [9.17, 15) is 14.7 Å². The molecule has 0 radical (unpaired) electrons. The summed E-state index contributed by atoms with van der Waals surface area (Å²) in [5.41, 5.74) is -0.230. The zero-order valence-corrected chi connectivity index (χ0v) is 14.6. The molecule has 0 bridgehead atoms. The zero-order valence-electron chi connectivity index (χ0n) is 14.6. The van der Waals surface area contributed by atoms with Crippen LogP contribution in [-0.2, 0) is 9.59 Å². The molecule has 2 aliphatic heterocycles. The minimum Gasteiger partial charge on any atom is -0.454 e. The minimum absolute atomic E-state index is 0.0978. The molecule has 0 saturated carbocycles. The number of ether oxygens (including phenoxy) is 2. The van der Waals surface area contributed by atoms with Crippen molar-refractivity contribution in [1.29, 1.82) is 0 Å². The Bertz CT molecular complexity index is 673. The molecule has 136 valence electrons. The molecule has 0 unspecified atom stereocenters. The average Bonchev–Trinajstić information content (AvgIpc) is 3.18. The summed E-state index contributed by atoms with van der Waals surface area (Å²) in [5, 5.41) is 12.9. The smallest absolute Gasteiger partial charge is 0.231 e. The van der Waals surface area contributed by atoms with Crippen molar-refractivity contribution in [3.63, 3.8) is 0 Å². The lowest BCUT2D eigenvalue weighted by Crippen LogP contribution is -2.43. The Labute approximate surface area is 146 Å². The van der Waals surface area contributed by atoms with Crippen LogP contribution in [0.4, 0.5) is 5.69 Å². The first-order valence-electron chi connectivity index (χ1n) is 8.60. The standard InChI is InChI=1S/C18H24N2O5/c1-3-6-18(2,23)10-19-17(22)12-7-16(21)20(9-12)13-4-5-14-15(8-13)25-11-24-14/h4-5,8,12,23H,3,6-7,9-11H2,1-2H3,(H,19,22)/t12-,18+/m0/s1. The number of fused-ring (bicyclic) bond motifs is 1. The second kappa shape index (κ2) is 6.92. The van der Waals surface area contributed by atoms with Gasteiger partial charge in [0.05, 0.1) is 11.5 Å². The Morgan fingerprint density at radius 2 is 2.16 bits per heavy atom. The van der Waals surface area contributed by atoms with Crippen LogP contribution in [0.2, 0.25) is 0 Å². The van der Waals surface area contributed by atoms with Crippen LogP contribution in [0, 0.1) is 5.92 Å². The van der Waals surface area contributed by atoms with Gasteiger partial charge in [-0.3, -0.25) is 9.59 Å². The molecule has 0 aromatic heterocycles. The second-order valence-corrected chi connectivity index (χ2v) is 6.91. The average molecular weight is 348 g/mol. The molecule has 0 spiro atoms. The number of hydrogen-bond donors (Lipinski definition) is 2. The molecule has 2 heterocycles. The van der Waals surface area contributed by atoms with Gasteiger partial charge in [-0.15, -0.1) is 0 Å². The van der Waals surface area contributed by atoms with Gasteiger partial charge in [-0.1, -0.05) is 13.3 Å². The first kappa shape index (κ1) is 17.5. The van der Waals surface area contributed by atoms with Crippen LogP contribution in [0.3, 0.4) is 0 Å². The maximum absolute atomic E-state index is 12.4. The third kappa shape index (κ3) is 3.87. The van der Waals surface area contributed by atoms with Crippen molar-refractivity contribution in [2.75, 3.05) is 24.8 Å². The van der Waals surface area contributed by atoms with Crippen LogP contribution in [0.15, 0.2) is 18.2 Å². The molecule has 7 nitrogen and oxygen atoms in total. The fourth-order valence-electron chi connectivity index (χ4n) is 3.23. The fourth-order valence-corrected chi connectivity index (χ4v) is 3.23.